The summed E-state index contributed by atoms with van der Waals surface area (Å²) in [4.78, 5) is 11.8. The highest BCUT2D eigenvalue weighted by Crippen LogP contribution is 2.35. The first-order valence-corrected chi connectivity index (χ1v) is 5.71. The van der Waals surface area contributed by atoms with Gasteiger partial charge in [0.1, 0.15) is 0 Å². The van der Waals surface area contributed by atoms with Crippen LogP contribution in [-0.4, -0.2) is 11.6 Å². The number of amides is 1. The van der Waals surface area contributed by atoms with Gasteiger partial charge in [-0.2, -0.15) is 5.10 Å². The molecule has 82 valence electrons. The smallest absolute Gasteiger partial charge is 0.253 e. The van der Waals surface area contributed by atoms with Crippen LogP contribution in [-0.2, 0) is 4.79 Å². The molecule has 3 rings (SSSR count). The maximum atomic E-state index is 11.8. The van der Waals surface area contributed by atoms with Crippen LogP contribution in [0.3, 0.4) is 0 Å². The van der Waals surface area contributed by atoms with E-state index in [-0.39, 0.29) is 5.91 Å². The zero-order valence-electron chi connectivity index (χ0n) is 9.31. The third-order valence-corrected chi connectivity index (χ3v) is 3.12. The summed E-state index contributed by atoms with van der Waals surface area (Å²) >= 11 is 0. The van der Waals surface area contributed by atoms with Crippen LogP contribution in [0.5, 0.6) is 0 Å². The second-order valence-electron chi connectivity index (χ2n) is 4.58. The van der Waals surface area contributed by atoms with E-state index in [4.69, 9.17) is 0 Å². The molecule has 1 aliphatic heterocycles. The summed E-state index contributed by atoms with van der Waals surface area (Å²) in [6.07, 6.45) is 2.92. The highest BCUT2D eigenvalue weighted by atomic mass is 16.2. The van der Waals surface area contributed by atoms with Gasteiger partial charge in [0.2, 0.25) is 0 Å². The van der Waals surface area contributed by atoms with Crippen LogP contribution in [0.2, 0.25) is 0 Å². The standard InChI is InChI=1S/C13H14N2O/c1-9-2-6-11(7-3-9)15-13(16)8-12(14-15)10-4-5-10/h2-3,6-7,10H,4-5,8H2,1H3. The molecular formula is C13H14N2O. The maximum Gasteiger partial charge on any atom is 0.253 e. The van der Waals surface area contributed by atoms with Crippen molar-refractivity contribution in [3.8, 4) is 0 Å². The van der Waals surface area contributed by atoms with E-state index >= 15 is 0 Å². The molecule has 0 atom stereocenters. The SMILES string of the molecule is Cc1ccc(N2N=C(C3CC3)CC2=O)cc1. The fourth-order valence-electron chi connectivity index (χ4n) is 1.98. The fourth-order valence-corrected chi connectivity index (χ4v) is 1.98. The summed E-state index contributed by atoms with van der Waals surface area (Å²) in [5, 5.41) is 5.98. The van der Waals surface area contributed by atoms with E-state index in [1.54, 1.807) is 5.01 Å². The quantitative estimate of drug-likeness (QED) is 0.744. The molecule has 1 fully saturated rings. The van der Waals surface area contributed by atoms with Gasteiger partial charge >= 0.3 is 0 Å². The van der Waals surface area contributed by atoms with Crippen LogP contribution in [0.1, 0.15) is 24.8 Å². The average Bonchev–Trinajstić information content (AvgIpc) is 3.04. The van der Waals surface area contributed by atoms with E-state index in [1.165, 1.54) is 18.4 Å². The summed E-state index contributed by atoms with van der Waals surface area (Å²) in [5.74, 6) is 0.685. The molecule has 0 saturated heterocycles. The third kappa shape index (κ3) is 1.62. The van der Waals surface area contributed by atoms with Crippen LogP contribution < -0.4 is 5.01 Å². The maximum absolute atomic E-state index is 11.8. The van der Waals surface area contributed by atoms with Crippen molar-refractivity contribution >= 4 is 17.3 Å². The molecule has 16 heavy (non-hydrogen) atoms. The number of rotatable bonds is 2. The minimum absolute atomic E-state index is 0.103. The first kappa shape index (κ1) is 9.58. The number of carbonyl (C=O) groups is 1. The summed E-state index contributed by atoms with van der Waals surface area (Å²) in [7, 11) is 0. The molecule has 0 unspecified atom stereocenters. The predicted molar refractivity (Wildman–Crippen MR) is 63.4 cm³/mol. The molecule has 1 heterocycles. The summed E-state index contributed by atoms with van der Waals surface area (Å²) in [6.45, 7) is 2.04. The second kappa shape index (κ2) is 3.44. The van der Waals surface area contributed by atoms with Crippen molar-refractivity contribution < 1.29 is 4.79 Å². The van der Waals surface area contributed by atoms with Crippen LogP contribution in [0.4, 0.5) is 5.69 Å². The Hall–Kier alpha value is -1.64. The van der Waals surface area contributed by atoms with Gasteiger partial charge < -0.3 is 0 Å². The van der Waals surface area contributed by atoms with Gasteiger partial charge in [-0.15, -0.1) is 0 Å². The normalized spacial score (nSPS) is 20.2. The summed E-state index contributed by atoms with van der Waals surface area (Å²) < 4.78 is 0. The second-order valence-corrected chi connectivity index (χ2v) is 4.58. The van der Waals surface area contributed by atoms with Gasteiger partial charge in [-0.05, 0) is 37.8 Å². The molecule has 0 N–H and O–H groups in total. The van der Waals surface area contributed by atoms with Crippen molar-refractivity contribution in [2.45, 2.75) is 26.2 Å². The van der Waals surface area contributed by atoms with Crippen LogP contribution in [0.15, 0.2) is 29.4 Å². The van der Waals surface area contributed by atoms with E-state index in [0.717, 1.165) is 11.4 Å². The Morgan fingerprint density at radius 2 is 1.94 bits per heavy atom. The van der Waals surface area contributed by atoms with Gasteiger partial charge in [-0.3, -0.25) is 4.79 Å². The minimum Gasteiger partial charge on any atom is -0.272 e. The Bertz CT molecular complexity index is 457. The van der Waals surface area contributed by atoms with Crippen LogP contribution in [0, 0.1) is 12.8 Å². The monoisotopic (exact) mass is 214 g/mol. The summed E-state index contributed by atoms with van der Waals surface area (Å²) in [5.41, 5.74) is 3.15. The lowest BCUT2D eigenvalue weighted by atomic mass is 10.2. The molecule has 3 heteroatoms. The molecule has 1 aromatic carbocycles. The minimum atomic E-state index is 0.103. The van der Waals surface area contributed by atoms with Crippen molar-refractivity contribution in [1.82, 2.24) is 0 Å². The Morgan fingerprint density at radius 3 is 2.56 bits per heavy atom. The Labute approximate surface area is 94.8 Å². The Kier molecular flexibility index (Phi) is 2.06. The molecule has 0 spiro atoms. The fraction of sp³-hybridized carbons (Fsp3) is 0.385. The van der Waals surface area contributed by atoms with Gasteiger partial charge in [0.25, 0.3) is 5.91 Å². The number of nitrogens with zero attached hydrogens (tertiary/aromatic N) is 2. The van der Waals surface area contributed by atoms with E-state index in [9.17, 15) is 4.79 Å². The summed E-state index contributed by atoms with van der Waals surface area (Å²) in [6, 6.07) is 7.92. The Morgan fingerprint density at radius 1 is 1.25 bits per heavy atom. The molecule has 3 nitrogen and oxygen atoms in total. The molecular weight excluding hydrogens is 200 g/mol. The van der Waals surface area contributed by atoms with Gasteiger partial charge in [0.05, 0.1) is 17.8 Å². The number of hydrazone groups is 1. The van der Waals surface area contributed by atoms with Crippen molar-refractivity contribution in [2.75, 3.05) is 5.01 Å². The lowest BCUT2D eigenvalue weighted by Gasteiger charge is -2.11. The van der Waals surface area contributed by atoms with Gasteiger partial charge in [-0.1, -0.05) is 17.7 Å². The number of hydrogen-bond donors (Lipinski definition) is 0. The van der Waals surface area contributed by atoms with E-state index in [2.05, 4.69) is 5.10 Å². The predicted octanol–water partition coefficient (Wildman–Crippen LogP) is 2.50. The van der Waals surface area contributed by atoms with Gasteiger partial charge in [0, 0.05) is 0 Å². The van der Waals surface area contributed by atoms with Crippen molar-refractivity contribution in [3.63, 3.8) is 0 Å². The number of carbonyl (C=O) groups excluding carboxylic acids is 1. The first-order chi connectivity index (χ1) is 7.74. The molecule has 1 aliphatic carbocycles. The van der Waals surface area contributed by atoms with Crippen LogP contribution >= 0.6 is 0 Å². The van der Waals surface area contributed by atoms with E-state index < -0.39 is 0 Å². The lowest BCUT2D eigenvalue weighted by Crippen LogP contribution is -2.19. The lowest BCUT2D eigenvalue weighted by molar-refractivity contribution is -0.116. The number of benzene rings is 1. The third-order valence-electron chi connectivity index (χ3n) is 3.12. The van der Waals surface area contributed by atoms with Crippen molar-refractivity contribution in [2.24, 2.45) is 11.0 Å². The van der Waals surface area contributed by atoms with Gasteiger partial charge in [0.15, 0.2) is 0 Å². The topological polar surface area (TPSA) is 32.7 Å². The zero-order valence-corrected chi connectivity index (χ0v) is 9.31. The zero-order chi connectivity index (χ0) is 11.1. The average molecular weight is 214 g/mol. The number of aryl methyl sites for hydroxylation is 1. The first-order valence-electron chi connectivity index (χ1n) is 5.71. The van der Waals surface area contributed by atoms with E-state index in [0.29, 0.717) is 12.3 Å². The molecule has 2 aliphatic rings. The highest BCUT2D eigenvalue weighted by Gasteiger charge is 2.35. The Balaban J connectivity index is 1.88. The molecule has 1 amide bonds. The van der Waals surface area contributed by atoms with Crippen molar-refractivity contribution in [3.05, 3.63) is 29.8 Å². The highest BCUT2D eigenvalue weighted by molar-refractivity contribution is 6.14. The largest absolute Gasteiger partial charge is 0.272 e. The number of anilines is 1. The van der Waals surface area contributed by atoms with Crippen LogP contribution in [0.25, 0.3) is 0 Å². The molecule has 0 bridgehead atoms. The van der Waals surface area contributed by atoms with Gasteiger partial charge in [-0.25, -0.2) is 5.01 Å². The molecule has 0 aromatic heterocycles. The number of hydrogen-bond acceptors (Lipinski definition) is 2. The van der Waals surface area contributed by atoms with E-state index in [1.807, 2.05) is 31.2 Å². The molecule has 0 radical (unpaired) electrons. The molecule has 1 aromatic rings. The van der Waals surface area contributed by atoms with Crippen molar-refractivity contribution in [1.29, 1.82) is 0 Å². The molecule has 1 saturated carbocycles.